The lowest BCUT2D eigenvalue weighted by atomic mass is 10.1. The Morgan fingerprint density at radius 3 is 2.69 bits per heavy atom. The van der Waals surface area contributed by atoms with Gasteiger partial charge in [-0.2, -0.15) is 0 Å². The van der Waals surface area contributed by atoms with Gasteiger partial charge in [0, 0.05) is 32.2 Å². The zero-order chi connectivity index (χ0) is 20.2. The summed E-state index contributed by atoms with van der Waals surface area (Å²) in [7, 11) is 1.69. The summed E-state index contributed by atoms with van der Waals surface area (Å²) < 4.78 is 11.6. The lowest BCUT2D eigenvalue weighted by molar-refractivity contribution is -0.143. The van der Waals surface area contributed by atoms with Crippen LogP contribution in [0.5, 0.6) is 11.5 Å². The van der Waals surface area contributed by atoms with E-state index in [-0.39, 0.29) is 11.9 Å². The molecule has 0 bridgehead atoms. The molecule has 0 unspecified atom stereocenters. The van der Waals surface area contributed by atoms with Crippen LogP contribution in [0, 0.1) is 0 Å². The zero-order valence-corrected chi connectivity index (χ0v) is 17.9. The summed E-state index contributed by atoms with van der Waals surface area (Å²) >= 11 is 0. The number of piperazine rings is 1. The van der Waals surface area contributed by atoms with Crippen LogP contribution in [0.3, 0.4) is 0 Å². The van der Waals surface area contributed by atoms with Gasteiger partial charge < -0.3 is 14.4 Å². The van der Waals surface area contributed by atoms with E-state index in [0.29, 0.717) is 12.6 Å². The van der Waals surface area contributed by atoms with Crippen LogP contribution in [0.2, 0.25) is 0 Å². The normalized spacial score (nSPS) is 25.9. The summed E-state index contributed by atoms with van der Waals surface area (Å²) in [5.74, 6) is 1.86. The number of rotatable bonds is 7. The number of ether oxygens (including phenoxy) is 2. The fourth-order valence-electron chi connectivity index (χ4n) is 4.97. The first-order valence-corrected chi connectivity index (χ1v) is 11.2. The minimum absolute atomic E-state index is 0.0594. The van der Waals surface area contributed by atoms with E-state index in [1.807, 2.05) is 13.0 Å². The second-order valence-corrected chi connectivity index (χ2v) is 8.67. The SMILES string of the molecule is COc1cc(CN2C[C@@H]3CCCN3C(=O)[C@H]2C)ccc1OCCN1CCCCC1. The molecule has 0 N–H and O–H groups in total. The van der Waals surface area contributed by atoms with E-state index in [9.17, 15) is 4.79 Å². The number of benzene rings is 1. The van der Waals surface area contributed by atoms with E-state index in [1.165, 1.54) is 32.4 Å². The van der Waals surface area contributed by atoms with Crippen molar-refractivity contribution < 1.29 is 14.3 Å². The average molecular weight is 402 g/mol. The van der Waals surface area contributed by atoms with E-state index in [0.717, 1.165) is 56.1 Å². The summed E-state index contributed by atoms with van der Waals surface area (Å²) in [6, 6.07) is 6.52. The highest BCUT2D eigenvalue weighted by Crippen LogP contribution is 2.31. The monoisotopic (exact) mass is 401 g/mol. The predicted molar refractivity (Wildman–Crippen MR) is 113 cm³/mol. The molecule has 1 amide bonds. The Morgan fingerprint density at radius 1 is 1.07 bits per heavy atom. The van der Waals surface area contributed by atoms with Crippen molar-refractivity contribution >= 4 is 5.91 Å². The maximum absolute atomic E-state index is 12.7. The zero-order valence-electron chi connectivity index (χ0n) is 17.9. The van der Waals surface area contributed by atoms with Crippen LogP contribution in [0.4, 0.5) is 0 Å². The van der Waals surface area contributed by atoms with E-state index in [1.54, 1.807) is 7.11 Å². The molecule has 3 aliphatic heterocycles. The van der Waals surface area contributed by atoms with Crippen molar-refractivity contribution in [1.82, 2.24) is 14.7 Å². The van der Waals surface area contributed by atoms with E-state index in [4.69, 9.17) is 9.47 Å². The van der Waals surface area contributed by atoms with E-state index in [2.05, 4.69) is 26.8 Å². The van der Waals surface area contributed by atoms with Crippen LogP contribution in [-0.2, 0) is 11.3 Å². The van der Waals surface area contributed by atoms with Gasteiger partial charge in [0.25, 0.3) is 0 Å². The molecule has 1 aromatic rings. The van der Waals surface area contributed by atoms with Gasteiger partial charge in [-0.15, -0.1) is 0 Å². The van der Waals surface area contributed by atoms with Crippen LogP contribution in [0.1, 0.15) is 44.6 Å². The number of fused-ring (bicyclic) bond motifs is 1. The highest BCUT2D eigenvalue weighted by atomic mass is 16.5. The topological polar surface area (TPSA) is 45.3 Å². The quantitative estimate of drug-likeness (QED) is 0.703. The van der Waals surface area contributed by atoms with Gasteiger partial charge in [-0.3, -0.25) is 14.6 Å². The Kier molecular flexibility index (Phi) is 6.60. The second kappa shape index (κ2) is 9.35. The van der Waals surface area contributed by atoms with Gasteiger partial charge in [0.2, 0.25) is 5.91 Å². The molecular weight excluding hydrogens is 366 g/mol. The molecule has 0 saturated carbocycles. The first kappa shape index (κ1) is 20.5. The molecule has 2 atom stereocenters. The molecule has 3 saturated heterocycles. The number of carbonyl (C=O) groups excluding carboxylic acids is 1. The third kappa shape index (κ3) is 4.69. The lowest BCUT2D eigenvalue weighted by Gasteiger charge is -2.41. The second-order valence-electron chi connectivity index (χ2n) is 8.67. The van der Waals surface area contributed by atoms with Crippen molar-refractivity contribution in [1.29, 1.82) is 0 Å². The number of methoxy groups -OCH3 is 1. The third-order valence-electron chi connectivity index (χ3n) is 6.74. The first-order chi connectivity index (χ1) is 14.2. The number of hydrogen-bond acceptors (Lipinski definition) is 5. The molecule has 4 rings (SSSR count). The summed E-state index contributed by atoms with van der Waals surface area (Å²) in [6.07, 6.45) is 6.21. The maximum Gasteiger partial charge on any atom is 0.239 e. The number of likely N-dealkylation sites (tertiary alicyclic amines) is 1. The minimum Gasteiger partial charge on any atom is -0.493 e. The number of carbonyl (C=O) groups is 1. The Balaban J connectivity index is 1.35. The van der Waals surface area contributed by atoms with Gasteiger partial charge >= 0.3 is 0 Å². The minimum atomic E-state index is -0.0594. The molecule has 3 aliphatic rings. The molecule has 29 heavy (non-hydrogen) atoms. The molecule has 0 aromatic heterocycles. The van der Waals surface area contributed by atoms with Crippen molar-refractivity contribution in [2.45, 2.75) is 57.7 Å². The summed E-state index contributed by atoms with van der Waals surface area (Å²) in [5.41, 5.74) is 1.16. The Hall–Kier alpha value is -1.79. The first-order valence-electron chi connectivity index (χ1n) is 11.2. The van der Waals surface area contributed by atoms with Crippen molar-refractivity contribution in [3.63, 3.8) is 0 Å². The predicted octanol–water partition coefficient (Wildman–Crippen LogP) is 2.76. The van der Waals surface area contributed by atoms with Gasteiger partial charge in [0.05, 0.1) is 13.2 Å². The lowest BCUT2D eigenvalue weighted by Crippen LogP contribution is -2.58. The fraction of sp³-hybridized carbons (Fsp3) is 0.696. The molecule has 160 valence electrons. The molecule has 6 heteroatoms. The van der Waals surface area contributed by atoms with E-state index >= 15 is 0 Å². The molecule has 0 aliphatic carbocycles. The maximum atomic E-state index is 12.7. The summed E-state index contributed by atoms with van der Waals surface area (Å²) in [6.45, 7) is 8.71. The molecular formula is C23H35N3O3. The standard InChI is InChI=1S/C23H35N3O3/c1-18-23(27)26-12-6-7-20(26)17-25(18)16-19-8-9-21(22(15-19)28-2)29-14-13-24-10-4-3-5-11-24/h8-9,15,18,20H,3-7,10-14,16-17H2,1-2H3/t18-,20+/m1/s1. The van der Waals surface area contributed by atoms with Crippen molar-refractivity contribution in [2.24, 2.45) is 0 Å². The largest absolute Gasteiger partial charge is 0.493 e. The number of piperidine rings is 1. The van der Waals surface area contributed by atoms with Crippen LogP contribution in [0.15, 0.2) is 18.2 Å². The highest BCUT2D eigenvalue weighted by molar-refractivity contribution is 5.83. The van der Waals surface area contributed by atoms with Gasteiger partial charge in [-0.05, 0) is 63.4 Å². The van der Waals surface area contributed by atoms with Crippen LogP contribution in [-0.4, -0.2) is 79.1 Å². The smallest absolute Gasteiger partial charge is 0.239 e. The molecule has 6 nitrogen and oxygen atoms in total. The molecule has 0 spiro atoms. The summed E-state index contributed by atoms with van der Waals surface area (Å²) in [4.78, 5) is 19.5. The Labute approximate surface area is 174 Å². The summed E-state index contributed by atoms with van der Waals surface area (Å²) in [5, 5.41) is 0. The Morgan fingerprint density at radius 2 is 1.90 bits per heavy atom. The molecule has 3 fully saturated rings. The van der Waals surface area contributed by atoms with Crippen LogP contribution in [0.25, 0.3) is 0 Å². The van der Waals surface area contributed by atoms with Gasteiger partial charge in [0.1, 0.15) is 6.61 Å². The van der Waals surface area contributed by atoms with Crippen LogP contribution >= 0.6 is 0 Å². The molecule has 1 aromatic carbocycles. The van der Waals surface area contributed by atoms with Crippen molar-refractivity contribution in [2.75, 3.05) is 46.4 Å². The fourth-order valence-corrected chi connectivity index (χ4v) is 4.97. The number of amides is 1. The average Bonchev–Trinajstić information content (AvgIpc) is 3.22. The number of hydrogen-bond donors (Lipinski definition) is 0. The van der Waals surface area contributed by atoms with Gasteiger partial charge in [-0.25, -0.2) is 0 Å². The van der Waals surface area contributed by atoms with E-state index < -0.39 is 0 Å². The molecule has 3 heterocycles. The number of nitrogens with zero attached hydrogens (tertiary/aromatic N) is 3. The molecule has 0 radical (unpaired) electrons. The van der Waals surface area contributed by atoms with Gasteiger partial charge in [0.15, 0.2) is 11.5 Å². The van der Waals surface area contributed by atoms with Crippen molar-refractivity contribution in [3.05, 3.63) is 23.8 Å². The van der Waals surface area contributed by atoms with Gasteiger partial charge in [-0.1, -0.05) is 12.5 Å². The Bertz CT molecular complexity index is 705. The van der Waals surface area contributed by atoms with Crippen molar-refractivity contribution in [3.8, 4) is 11.5 Å². The van der Waals surface area contributed by atoms with Crippen LogP contribution < -0.4 is 9.47 Å². The third-order valence-corrected chi connectivity index (χ3v) is 6.74. The highest BCUT2D eigenvalue weighted by Gasteiger charge is 2.40.